The second-order valence-electron chi connectivity index (χ2n) is 7.58. The van der Waals surface area contributed by atoms with E-state index in [1.807, 2.05) is 24.3 Å². The zero-order valence-corrected chi connectivity index (χ0v) is 21.6. The minimum absolute atomic E-state index is 0. The monoisotopic (exact) mass is 560 g/mol. The van der Waals surface area contributed by atoms with Crippen LogP contribution >= 0.6 is 24.0 Å². The highest BCUT2D eigenvalue weighted by molar-refractivity contribution is 14.0. The minimum Gasteiger partial charge on any atom is -0.493 e. The number of benzene rings is 2. The number of halogens is 1. The van der Waals surface area contributed by atoms with E-state index in [-0.39, 0.29) is 34.9 Å². The van der Waals surface area contributed by atoms with Crippen molar-refractivity contribution >= 4 is 40.0 Å². The number of aliphatic imine (C=N–C) groups is 1. The van der Waals surface area contributed by atoms with Crippen molar-refractivity contribution in [2.24, 2.45) is 16.0 Å². The summed E-state index contributed by atoms with van der Waals surface area (Å²) < 4.78 is 28.4. The zero-order chi connectivity index (χ0) is 22.1. The van der Waals surface area contributed by atoms with Crippen LogP contribution < -0.4 is 20.5 Å². The highest BCUT2D eigenvalue weighted by atomic mass is 127. The number of nitrogens with zero attached hydrogens (tertiary/aromatic N) is 1. The van der Waals surface area contributed by atoms with Crippen molar-refractivity contribution in [3.8, 4) is 5.75 Å². The fraction of sp³-hybridized carbons (Fsp3) is 0.409. The van der Waals surface area contributed by atoms with Gasteiger partial charge in [-0.05, 0) is 54.7 Å². The summed E-state index contributed by atoms with van der Waals surface area (Å²) in [6.45, 7) is 7.68. The highest BCUT2D eigenvalue weighted by Crippen LogP contribution is 2.18. The van der Waals surface area contributed by atoms with Gasteiger partial charge in [0.2, 0.25) is 10.0 Å². The molecule has 31 heavy (non-hydrogen) atoms. The number of nitrogens with one attached hydrogen (secondary N) is 2. The van der Waals surface area contributed by atoms with Gasteiger partial charge in [-0.3, -0.25) is 4.99 Å². The number of rotatable bonds is 9. The quantitative estimate of drug-likeness (QED) is 0.248. The first-order valence-corrected chi connectivity index (χ1v) is 11.6. The largest absolute Gasteiger partial charge is 0.493 e. The van der Waals surface area contributed by atoms with Crippen molar-refractivity contribution in [1.29, 1.82) is 0 Å². The topological polar surface area (TPSA) is 106 Å². The third-order valence-corrected chi connectivity index (χ3v) is 5.43. The van der Waals surface area contributed by atoms with E-state index in [1.54, 1.807) is 19.2 Å². The van der Waals surface area contributed by atoms with E-state index in [0.29, 0.717) is 25.0 Å². The molecule has 0 aliphatic rings. The highest BCUT2D eigenvalue weighted by Gasteiger charge is 2.09. The molecule has 2 rings (SSSR count). The lowest BCUT2D eigenvalue weighted by atomic mass is 10.1. The van der Waals surface area contributed by atoms with Crippen LogP contribution in [0.1, 0.15) is 37.9 Å². The maximum Gasteiger partial charge on any atom is 0.238 e. The summed E-state index contributed by atoms with van der Waals surface area (Å²) in [5.41, 5.74) is 2.14. The van der Waals surface area contributed by atoms with Crippen LogP contribution in [-0.2, 0) is 16.4 Å². The Balaban J connectivity index is 0.00000480. The molecule has 0 saturated carbocycles. The summed E-state index contributed by atoms with van der Waals surface area (Å²) in [6, 6.07) is 14.7. The van der Waals surface area contributed by atoms with E-state index in [0.717, 1.165) is 23.3 Å². The van der Waals surface area contributed by atoms with Gasteiger partial charge in [-0.25, -0.2) is 13.6 Å². The van der Waals surface area contributed by atoms with Gasteiger partial charge < -0.3 is 15.4 Å². The average Bonchev–Trinajstić information content (AvgIpc) is 2.71. The lowest BCUT2D eigenvalue weighted by Crippen LogP contribution is -2.39. The molecule has 0 amide bonds. The van der Waals surface area contributed by atoms with E-state index < -0.39 is 10.0 Å². The Morgan fingerprint density at radius 1 is 1.06 bits per heavy atom. The van der Waals surface area contributed by atoms with Crippen LogP contribution in [0.3, 0.4) is 0 Å². The van der Waals surface area contributed by atoms with Crippen molar-refractivity contribution in [2.75, 3.05) is 20.2 Å². The maximum atomic E-state index is 11.3. The van der Waals surface area contributed by atoms with E-state index >= 15 is 0 Å². The first-order valence-electron chi connectivity index (χ1n) is 10.0. The Kier molecular flexibility index (Phi) is 11.3. The molecule has 2 aromatic rings. The van der Waals surface area contributed by atoms with Crippen LogP contribution in [0.25, 0.3) is 0 Å². The van der Waals surface area contributed by atoms with Crippen molar-refractivity contribution < 1.29 is 13.2 Å². The predicted molar refractivity (Wildman–Crippen MR) is 137 cm³/mol. The molecule has 1 unspecified atom stereocenters. The Morgan fingerprint density at radius 3 is 2.19 bits per heavy atom. The number of hydrogen-bond donors (Lipinski definition) is 3. The van der Waals surface area contributed by atoms with Crippen LogP contribution in [-0.4, -0.2) is 34.6 Å². The van der Waals surface area contributed by atoms with Crippen molar-refractivity contribution in [3.05, 3.63) is 59.7 Å². The summed E-state index contributed by atoms with van der Waals surface area (Å²) in [5.74, 6) is 2.06. The molecule has 0 aliphatic heterocycles. The van der Waals surface area contributed by atoms with Gasteiger partial charge in [0.05, 0.1) is 17.5 Å². The SMILES string of the molecule is CN=C(NCCc1ccc(S(N)(=O)=O)cc1)NC(C)c1ccc(OCC(C)C)cc1.I. The Bertz CT molecular complexity index is 930. The molecule has 9 heteroatoms. The molecule has 0 radical (unpaired) electrons. The molecule has 2 aromatic carbocycles. The normalized spacial score (nSPS) is 12.8. The molecular weight excluding hydrogens is 527 g/mol. The van der Waals surface area contributed by atoms with E-state index in [1.165, 1.54) is 12.1 Å². The van der Waals surface area contributed by atoms with E-state index in [2.05, 4.69) is 36.4 Å². The molecule has 0 heterocycles. The van der Waals surface area contributed by atoms with Crippen LogP contribution in [0.4, 0.5) is 0 Å². The summed E-state index contributed by atoms with van der Waals surface area (Å²) in [5, 5.41) is 11.8. The Morgan fingerprint density at radius 2 is 1.68 bits per heavy atom. The molecule has 0 spiro atoms. The lowest BCUT2D eigenvalue weighted by Gasteiger charge is -2.19. The van der Waals surface area contributed by atoms with Gasteiger partial charge in [0.25, 0.3) is 0 Å². The maximum absolute atomic E-state index is 11.3. The minimum atomic E-state index is -3.66. The number of nitrogens with two attached hydrogens (primary N) is 1. The lowest BCUT2D eigenvalue weighted by molar-refractivity contribution is 0.271. The van der Waals surface area contributed by atoms with Gasteiger partial charge >= 0.3 is 0 Å². The summed E-state index contributed by atoms with van der Waals surface area (Å²) in [4.78, 5) is 4.39. The molecule has 7 nitrogen and oxygen atoms in total. The number of ether oxygens (including phenoxy) is 1. The fourth-order valence-corrected chi connectivity index (χ4v) is 3.29. The van der Waals surface area contributed by atoms with Gasteiger partial charge in [0, 0.05) is 13.6 Å². The van der Waals surface area contributed by atoms with Crippen molar-refractivity contribution in [1.82, 2.24) is 10.6 Å². The molecule has 0 fully saturated rings. The van der Waals surface area contributed by atoms with Crippen molar-refractivity contribution in [3.63, 3.8) is 0 Å². The van der Waals surface area contributed by atoms with Crippen LogP contribution in [0.5, 0.6) is 5.75 Å². The summed E-state index contributed by atoms with van der Waals surface area (Å²) in [7, 11) is -1.93. The Labute approximate surface area is 202 Å². The molecule has 0 saturated heterocycles. The van der Waals surface area contributed by atoms with Crippen molar-refractivity contribution in [2.45, 2.75) is 38.1 Å². The molecule has 0 aromatic heterocycles. The fourth-order valence-electron chi connectivity index (χ4n) is 2.77. The van der Waals surface area contributed by atoms with E-state index in [4.69, 9.17) is 9.88 Å². The van der Waals surface area contributed by atoms with Crippen LogP contribution in [0.15, 0.2) is 58.4 Å². The van der Waals surface area contributed by atoms with Crippen LogP contribution in [0, 0.1) is 5.92 Å². The Hall–Kier alpha value is -1.85. The standard InChI is InChI=1S/C22H32N4O3S.HI/c1-16(2)15-29-20-9-7-19(8-10-20)17(3)26-22(24-4)25-14-13-18-5-11-21(12-6-18)30(23,27)28;/h5-12,16-17H,13-15H2,1-4H3,(H2,23,27,28)(H2,24,25,26);1H. The molecule has 0 aliphatic carbocycles. The molecule has 172 valence electrons. The molecule has 4 N–H and O–H groups in total. The van der Waals surface area contributed by atoms with Crippen LogP contribution in [0.2, 0.25) is 0 Å². The third-order valence-electron chi connectivity index (χ3n) is 4.50. The molecule has 0 bridgehead atoms. The number of hydrogen-bond acceptors (Lipinski definition) is 4. The number of guanidine groups is 1. The smallest absolute Gasteiger partial charge is 0.238 e. The second kappa shape index (κ2) is 12.9. The van der Waals surface area contributed by atoms with Gasteiger partial charge in [-0.15, -0.1) is 24.0 Å². The van der Waals surface area contributed by atoms with Gasteiger partial charge in [-0.2, -0.15) is 0 Å². The number of primary sulfonamides is 1. The third kappa shape index (κ3) is 9.44. The summed E-state index contributed by atoms with van der Waals surface area (Å²) >= 11 is 0. The molecular formula is C22H33IN4O3S. The first kappa shape index (κ1) is 27.2. The molecule has 1 atom stereocenters. The van der Waals surface area contributed by atoms with Gasteiger partial charge in [0.15, 0.2) is 5.96 Å². The first-order chi connectivity index (χ1) is 14.2. The predicted octanol–water partition coefficient (Wildman–Crippen LogP) is 3.46. The zero-order valence-electron chi connectivity index (χ0n) is 18.5. The average molecular weight is 561 g/mol. The number of sulfonamides is 1. The van der Waals surface area contributed by atoms with Gasteiger partial charge in [-0.1, -0.05) is 38.1 Å². The summed E-state index contributed by atoms with van der Waals surface area (Å²) in [6.07, 6.45) is 0.724. The van der Waals surface area contributed by atoms with E-state index in [9.17, 15) is 8.42 Å². The second-order valence-corrected chi connectivity index (χ2v) is 9.14. The van der Waals surface area contributed by atoms with Gasteiger partial charge in [0.1, 0.15) is 5.75 Å².